The molecule has 0 saturated carbocycles. The zero-order valence-corrected chi connectivity index (χ0v) is 14.4. The van der Waals surface area contributed by atoms with Crippen LogP contribution in [0.5, 0.6) is 0 Å². The fourth-order valence-electron chi connectivity index (χ4n) is 1.46. The molecule has 0 aliphatic rings. The minimum Gasteiger partial charge on any atom is -0.207 e. The highest BCUT2D eigenvalue weighted by Gasteiger charge is 2.31. The third kappa shape index (κ3) is 4.09. The molecule has 0 unspecified atom stereocenters. The van der Waals surface area contributed by atoms with Crippen molar-refractivity contribution in [3.05, 3.63) is 24.3 Å². The van der Waals surface area contributed by atoms with Crippen molar-refractivity contribution >= 4 is 45.5 Å². The van der Waals surface area contributed by atoms with Crippen LogP contribution >= 0.6 is 10.7 Å². The summed E-state index contributed by atoms with van der Waals surface area (Å²) in [5.41, 5.74) is -0.164. The van der Waals surface area contributed by atoms with Crippen molar-refractivity contribution in [2.24, 2.45) is 0 Å². The summed E-state index contributed by atoms with van der Waals surface area (Å²) in [5, 5.41) is 0. The summed E-state index contributed by atoms with van der Waals surface area (Å²) in [6, 6.07) is 4.24. The van der Waals surface area contributed by atoms with Crippen molar-refractivity contribution in [1.82, 2.24) is 0 Å². The summed E-state index contributed by atoms with van der Waals surface area (Å²) in [4.78, 5) is -0.254. The van der Waals surface area contributed by atoms with Gasteiger partial charge in [-0.05, 0) is 38.1 Å². The normalized spacial score (nSPS) is 13.1. The van der Waals surface area contributed by atoms with Crippen LogP contribution in [0.15, 0.2) is 29.2 Å². The van der Waals surface area contributed by atoms with E-state index in [0.717, 1.165) is 24.3 Å². The van der Waals surface area contributed by atoms with E-state index in [-0.39, 0.29) is 10.6 Å². The molecule has 0 heterocycles. The molecule has 7 nitrogen and oxygen atoms in total. The Bertz CT molecular complexity index is 778. The third-order valence-corrected chi connectivity index (χ3v) is 8.19. The van der Waals surface area contributed by atoms with Gasteiger partial charge < -0.3 is 0 Å². The first-order chi connectivity index (χ1) is 9.45. The molecule has 0 aromatic heterocycles. The Morgan fingerprint density at radius 2 is 1.24 bits per heavy atom. The van der Waals surface area contributed by atoms with E-state index < -0.39 is 40.6 Å². The molecule has 0 aliphatic heterocycles. The lowest BCUT2D eigenvalue weighted by molar-refractivity contribution is 0.585. The zero-order valence-electron chi connectivity index (χ0n) is 11.2. The van der Waals surface area contributed by atoms with Gasteiger partial charge in [0.2, 0.25) is 20.0 Å². The van der Waals surface area contributed by atoms with Gasteiger partial charge in [0.25, 0.3) is 9.05 Å². The minimum atomic E-state index is -4.07. The lowest BCUT2D eigenvalue weighted by atomic mass is 10.3. The number of halogens is 1. The summed E-state index contributed by atoms with van der Waals surface area (Å²) < 4.78 is 70.5. The molecule has 0 amide bonds. The van der Waals surface area contributed by atoms with Crippen molar-refractivity contribution in [2.45, 2.75) is 18.7 Å². The topological polar surface area (TPSA) is 106 Å². The molecule has 1 aromatic rings. The lowest BCUT2D eigenvalue weighted by Gasteiger charge is -2.22. The molecule has 0 aliphatic carbocycles. The maximum Gasteiger partial charge on any atom is 0.261 e. The predicted octanol–water partition coefficient (Wildman–Crippen LogP) is 1.12. The van der Waals surface area contributed by atoms with Crippen LogP contribution in [-0.2, 0) is 29.1 Å². The molecule has 21 heavy (non-hydrogen) atoms. The van der Waals surface area contributed by atoms with Gasteiger partial charge in [0.1, 0.15) is 0 Å². The Hall–Kier alpha value is -0.840. The molecule has 0 fully saturated rings. The van der Waals surface area contributed by atoms with Gasteiger partial charge in [-0.25, -0.2) is 25.3 Å². The van der Waals surface area contributed by atoms with Gasteiger partial charge in [-0.1, -0.05) is 0 Å². The SMILES string of the molecule is CCS(=O)(=O)N(c1ccc(S(=O)(=O)Cl)cc1)S(=O)(=O)CC. The molecule has 1 aromatic carbocycles. The highest BCUT2D eigenvalue weighted by atomic mass is 35.7. The average molecular weight is 376 g/mol. The van der Waals surface area contributed by atoms with E-state index in [9.17, 15) is 25.3 Å². The largest absolute Gasteiger partial charge is 0.261 e. The van der Waals surface area contributed by atoms with Crippen molar-refractivity contribution in [3.8, 4) is 0 Å². The van der Waals surface area contributed by atoms with E-state index in [1.165, 1.54) is 13.8 Å². The average Bonchev–Trinajstić information content (AvgIpc) is 2.38. The van der Waals surface area contributed by atoms with E-state index in [4.69, 9.17) is 10.7 Å². The summed E-state index contributed by atoms with van der Waals surface area (Å²) in [5.74, 6) is -0.830. The first-order valence-electron chi connectivity index (χ1n) is 5.76. The van der Waals surface area contributed by atoms with Gasteiger partial charge in [0, 0.05) is 10.7 Å². The van der Waals surface area contributed by atoms with Crippen LogP contribution in [0.3, 0.4) is 0 Å². The summed E-state index contributed by atoms with van der Waals surface area (Å²) >= 11 is 0. The second kappa shape index (κ2) is 6.11. The Morgan fingerprint density at radius 1 is 0.857 bits per heavy atom. The quantitative estimate of drug-likeness (QED) is 0.690. The monoisotopic (exact) mass is 375 g/mol. The van der Waals surface area contributed by atoms with E-state index in [1.54, 1.807) is 0 Å². The standard InChI is InChI=1S/C10H14ClNO6S3/c1-3-19(13,14)12(20(15,16)4-2)9-5-7-10(8-6-9)21(11,17)18/h5-8H,3-4H2,1-2H3. The highest BCUT2D eigenvalue weighted by Crippen LogP contribution is 2.25. The van der Waals surface area contributed by atoms with Gasteiger partial charge in [-0.2, -0.15) is 3.71 Å². The van der Waals surface area contributed by atoms with Crippen LogP contribution in [0.2, 0.25) is 0 Å². The minimum absolute atomic E-state index is 0.164. The van der Waals surface area contributed by atoms with E-state index >= 15 is 0 Å². The van der Waals surface area contributed by atoms with Crippen LogP contribution in [-0.4, -0.2) is 36.8 Å². The molecular formula is C10H14ClNO6S3. The first kappa shape index (κ1) is 18.2. The van der Waals surface area contributed by atoms with Crippen LogP contribution in [0, 0.1) is 0 Å². The summed E-state index contributed by atoms with van der Waals surface area (Å²) in [6.45, 7) is 2.62. The van der Waals surface area contributed by atoms with E-state index in [0.29, 0.717) is 3.71 Å². The van der Waals surface area contributed by atoms with Gasteiger partial charge in [-0.15, -0.1) is 0 Å². The molecule has 0 spiro atoms. The maximum atomic E-state index is 12.0. The predicted molar refractivity (Wildman–Crippen MR) is 80.9 cm³/mol. The van der Waals surface area contributed by atoms with Gasteiger partial charge in [0.15, 0.2) is 0 Å². The van der Waals surface area contributed by atoms with Crippen LogP contribution in [0.25, 0.3) is 0 Å². The van der Waals surface area contributed by atoms with Crippen LogP contribution in [0.1, 0.15) is 13.8 Å². The van der Waals surface area contributed by atoms with Gasteiger partial charge in [0.05, 0.1) is 22.1 Å². The molecule has 0 saturated heterocycles. The lowest BCUT2D eigenvalue weighted by Crippen LogP contribution is -2.39. The smallest absolute Gasteiger partial charge is 0.207 e. The van der Waals surface area contributed by atoms with Crippen molar-refractivity contribution in [1.29, 1.82) is 0 Å². The number of hydrogen-bond donors (Lipinski definition) is 0. The molecule has 120 valence electrons. The Labute approximate surface area is 129 Å². The number of hydrogen-bond acceptors (Lipinski definition) is 6. The molecule has 0 bridgehead atoms. The molecule has 0 N–H and O–H groups in total. The molecule has 0 atom stereocenters. The van der Waals surface area contributed by atoms with Gasteiger partial charge in [-0.3, -0.25) is 0 Å². The fraction of sp³-hybridized carbons (Fsp3) is 0.400. The zero-order chi connectivity index (χ0) is 16.5. The number of nitrogens with zero attached hydrogens (tertiary/aromatic N) is 1. The highest BCUT2D eigenvalue weighted by molar-refractivity contribution is 8.13. The van der Waals surface area contributed by atoms with Crippen LogP contribution < -0.4 is 3.71 Å². The number of benzene rings is 1. The van der Waals surface area contributed by atoms with Crippen molar-refractivity contribution in [3.63, 3.8) is 0 Å². The maximum absolute atomic E-state index is 12.0. The number of sulfonamides is 2. The van der Waals surface area contributed by atoms with E-state index in [2.05, 4.69) is 0 Å². The number of rotatable bonds is 6. The van der Waals surface area contributed by atoms with Crippen molar-refractivity contribution in [2.75, 3.05) is 15.2 Å². The Kier molecular flexibility index (Phi) is 5.30. The fourth-order valence-corrected chi connectivity index (χ4v) is 5.60. The second-order valence-electron chi connectivity index (χ2n) is 3.93. The molecular weight excluding hydrogens is 362 g/mol. The summed E-state index contributed by atoms with van der Waals surface area (Å²) in [6.07, 6.45) is 0. The summed E-state index contributed by atoms with van der Waals surface area (Å²) in [7, 11) is -6.96. The Morgan fingerprint density at radius 3 is 1.52 bits per heavy atom. The molecule has 1 rings (SSSR count). The Balaban J connectivity index is 3.50. The molecule has 11 heteroatoms. The first-order valence-corrected chi connectivity index (χ1v) is 11.3. The second-order valence-corrected chi connectivity index (χ2v) is 10.9. The molecule has 0 radical (unpaired) electrons. The van der Waals surface area contributed by atoms with Gasteiger partial charge >= 0.3 is 0 Å². The third-order valence-electron chi connectivity index (χ3n) is 2.56. The number of anilines is 1. The van der Waals surface area contributed by atoms with E-state index in [1.807, 2.05) is 0 Å². The van der Waals surface area contributed by atoms with Crippen LogP contribution in [0.4, 0.5) is 5.69 Å². The van der Waals surface area contributed by atoms with Crippen molar-refractivity contribution < 1.29 is 25.3 Å².